The van der Waals surface area contributed by atoms with Gasteiger partial charge < -0.3 is 14.0 Å². The summed E-state index contributed by atoms with van der Waals surface area (Å²) in [5.74, 6) is 3.17. The van der Waals surface area contributed by atoms with Gasteiger partial charge in [-0.25, -0.2) is 0 Å². The lowest BCUT2D eigenvalue weighted by atomic mass is 10.0. The molecule has 6 heteroatoms. The molecule has 0 amide bonds. The summed E-state index contributed by atoms with van der Waals surface area (Å²) >= 11 is 0. The fraction of sp³-hybridized carbons (Fsp3) is 0.529. The zero-order valence-electron chi connectivity index (χ0n) is 13.9. The van der Waals surface area contributed by atoms with Crippen molar-refractivity contribution in [1.82, 2.24) is 15.0 Å². The smallest absolute Gasteiger partial charge is 0.240 e. The number of rotatable bonds is 6. The highest BCUT2D eigenvalue weighted by molar-refractivity contribution is 5.42. The van der Waals surface area contributed by atoms with Crippen molar-refractivity contribution in [3.8, 4) is 11.5 Å². The molecule has 0 N–H and O–H groups in total. The Morgan fingerprint density at radius 2 is 2.17 bits per heavy atom. The van der Waals surface area contributed by atoms with Crippen molar-refractivity contribution >= 4 is 0 Å². The van der Waals surface area contributed by atoms with Gasteiger partial charge in [-0.1, -0.05) is 12.1 Å². The molecule has 1 aliphatic rings. The molecule has 0 aliphatic carbocycles. The molecule has 3 rings (SSSR count). The minimum Gasteiger partial charge on any atom is -0.497 e. The average Bonchev–Trinajstić information content (AvgIpc) is 3.23. The van der Waals surface area contributed by atoms with Crippen LogP contribution in [0.5, 0.6) is 11.5 Å². The van der Waals surface area contributed by atoms with Gasteiger partial charge in [0.25, 0.3) is 0 Å². The van der Waals surface area contributed by atoms with Gasteiger partial charge in [-0.05, 0) is 37.6 Å². The molecule has 1 saturated heterocycles. The van der Waals surface area contributed by atoms with Gasteiger partial charge in [0.15, 0.2) is 5.82 Å². The molecule has 1 aromatic carbocycles. The predicted molar refractivity (Wildman–Crippen MR) is 85.6 cm³/mol. The minimum absolute atomic E-state index is 0.275. The highest BCUT2D eigenvalue weighted by Gasteiger charge is 2.30. The van der Waals surface area contributed by atoms with Gasteiger partial charge >= 0.3 is 0 Å². The molecule has 124 valence electrons. The Balaban J connectivity index is 1.83. The standard InChI is InChI=1S/C17H23N3O3/c1-4-16-18-17(23-19-16)11-20-9-5-6-14(20)13-10-12(21-2)7-8-15(13)22-3/h7-8,10,14H,4-6,9,11H2,1-3H3. The fourth-order valence-electron chi connectivity index (χ4n) is 3.14. The van der Waals surface area contributed by atoms with E-state index in [2.05, 4.69) is 21.1 Å². The normalized spacial score (nSPS) is 18.3. The Bertz CT molecular complexity index is 656. The van der Waals surface area contributed by atoms with Crippen LogP contribution in [0, 0.1) is 0 Å². The summed E-state index contributed by atoms with van der Waals surface area (Å²) in [6.07, 6.45) is 3.01. The quantitative estimate of drug-likeness (QED) is 0.816. The van der Waals surface area contributed by atoms with E-state index in [1.807, 2.05) is 19.1 Å². The summed E-state index contributed by atoms with van der Waals surface area (Å²) in [4.78, 5) is 6.79. The summed E-state index contributed by atoms with van der Waals surface area (Å²) in [7, 11) is 3.39. The van der Waals surface area contributed by atoms with E-state index in [-0.39, 0.29) is 6.04 Å². The molecule has 23 heavy (non-hydrogen) atoms. The lowest BCUT2D eigenvalue weighted by Gasteiger charge is -2.25. The molecule has 0 spiro atoms. The molecule has 1 unspecified atom stereocenters. The highest BCUT2D eigenvalue weighted by atomic mass is 16.5. The maximum absolute atomic E-state index is 5.54. The van der Waals surface area contributed by atoms with Crippen LogP contribution in [0.15, 0.2) is 22.7 Å². The van der Waals surface area contributed by atoms with Crippen LogP contribution in [0.2, 0.25) is 0 Å². The van der Waals surface area contributed by atoms with Crippen LogP contribution in [0.25, 0.3) is 0 Å². The van der Waals surface area contributed by atoms with Crippen LogP contribution < -0.4 is 9.47 Å². The SMILES string of the molecule is CCc1noc(CN2CCCC2c2cc(OC)ccc2OC)n1. The van der Waals surface area contributed by atoms with Gasteiger partial charge in [-0.2, -0.15) is 4.98 Å². The molecule has 6 nitrogen and oxygen atoms in total. The fourth-order valence-corrected chi connectivity index (χ4v) is 3.14. The van der Waals surface area contributed by atoms with Crippen molar-refractivity contribution in [2.24, 2.45) is 0 Å². The Kier molecular flexibility index (Phi) is 4.81. The number of likely N-dealkylation sites (tertiary alicyclic amines) is 1. The largest absolute Gasteiger partial charge is 0.497 e. The van der Waals surface area contributed by atoms with E-state index in [9.17, 15) is 0 Å². The van der Waals surface area contributed by atoms with Gasteiger partial charge in [0, 0.05) is 18.0 Å². The highest BCUT2D eigenvalue weighted by Crippen LogP contribution is 2.39. The maximum atomic E-state index is 5.54. The number of hydrogen-bond acceptors (Lipinski definition) is 6. The zero-order valence-corrected chi connectivity index (χ0v) is 13.9. The van der Waals surface area contributed by atoms with Gasteiger partial charge in [0.05, 0.1) is 20.8 Å². The van der Waals surface area contributed by atoms with Crippen LogP contribution in [-0.4, -0.2) is 35.8 Å². The number of ether oxygens (including phenoxy) is 2. The van der Waals surface area contributed by atoms with E-state index in [1.165, 1.54) is 0 Å². The first kappa shape index (κ1) is 15.8. The molecule has 1 aliphatic heterocycles. The topological polar surface area (TPSA) is 60.6 Å². The predicted octanol–water partition coefficient (Wildman–Crippen LogP) is 2.99. The minimum atomic E-state index is 0.275. The molecule has 1 aromatic heterocycles. The van der Waals surface area contributed by atoms with Gasteiger partial charge in [-0.3, -0.25) is 4.90 Å². The van der Waals surface area contributed by atoms with E-state index in [4.69, 9.17) is 14.0 Å². The Morgan fingerprint density at radius 3 is 2.87 bits per heavy atom. The van der Waals surface area contributed by atoms with Crippen molar-refractivity contribution in [3.05, 3.63) is 35.5 Å². The Morgan fingerprint density at radius 1 is 1.30 bits per heavy atom. The second kappa shape index (κ2) is 7.00. The van der Waals surface area contributed by atoms with Crippen molar-refractivity contribution in [2.45, 2.75) is 38.8 Å². The number of aryl methyl sites for hydroxylation is 1. The first-order valence-corrected chi connectivity index (χ1v) is 8.02. The van der Waals surface area contributed by atoms with Crippen LogP contribution in [0.1, 0.15) is 43.1 Å². The van der Waals surface area contributed by atoms with Crippen LogP contribution >= 0.6 is 0 Å². The van der Waals surface area contributed by atoms with Gasteiger partial charge in [0.1, 0.15) is 11.5 Å². The lowest BCUT2D eigenvalue weighted by Crippen LogP contribution is -2.23. The number of methoxy groups -OCH3 is 2. The Hall–Kier alpha value is -2.08. The van der Waals surface area contributed by atoms with E-state index < -0.39 is 0 Å². The monoisotopic (exact) mass is 317 g/mol. The van der Waals surface area contributed by atoms with Crippen molar-refractivity contribution in [2.75, 3.05) is 20.8 Å². The zero-order chi connectivity index (χ0) is 16.2. The van der Waals surface area contributed by atoms with E-state index in [1.54, 1.807) is 14.2 Å². The molecular weight excluding hydrogens is 294 g/mol. The van der Waals surface area contributed by atoms with E-state index >= 15 is 0 Å². The van der Waals surface area contributed by atoms with Crippen LogP contribution in [-0.2, 0) is 13.0 Å². The van der Waals surface area contributed by atoms with E-state index in [0.29, 0.717) is 12.4 Å². The summed E-state index contributed by atoms with van der Waals surface area (Å²) in [5.41, 5.74) is 1.15. The number of hydrogen-bond donors (Lipinski definition) is 0. The molecule has 0 saturated carbocycles. The molecule has 1 atom stereocenters. The summed E-state index contributed by atoms with van der Waals surface area (Å²) in [5, 5.41) is 3.98. The third kappa shape index (κ3) is 3.32. The summed E-state index contributed by atoms with van der Waals surface area (Å²) < 4.78 is 16.3. The van der Waals surface area contributed by atoms with Crippen molar-refractivity contribution in [3.63, 3.8) is 0 Å². The van der Waals surface area contributed by atoms with Crippen molar-refractivity contribution in [1.29, 1.82) is 0 Å². The molecule has 0 bridgehead atoms. The lowest BCUT2D eigenvalue weighted by molar-refractivity contribution is 0.208. The van der Waals surface area contributed by atoms with Crippen molar-refractivity contribution < 1.29 is 14.0 Å². The second-order valence-corrected chi connectivity index (χ2v) is 5.69. The number of benzene rings is 1. The van der Waals surface area contributed by atoms with Crippen LogP contribution in [0.4, 0.5) is 0 Å². The molecule has 1 fully saturated rings. The third-order valence-corrected chi connectivity index (χ3v) is 4.32. The molecule has 2 heterocycles. The summed E-state index contributed by atoms with van der Waals surface area (Å²) in [6.45, 7) is 3.70. The first-order valence-electron chi connectivity index (χ1n) is 8.02. The average molecular weight is 317 g/mol. The third-order valence-electron chi connectivity index (χ3n) is 4.32. The second-order valence-electron chi connectivity index (χ2n) is 5.69. The number of nitrogens with zero attached hydrogens (tertiary/aromatic N) is 3. The van der Waals surface area contributed by atoms with Gasteiger partial charge in [0.2, 0.25) is 5.89 Å². The molecule has 0 radical (unpaired) electrons. The summed E-state index contributed by atoms with van der Waals surface area (Å²) in [6, 6.07) is 6.23. The molecular formula is C17H23N3O3. The molecule has 2 aromatic rings. The van der Waals surface area contributed by atoms with E-state index in [0.717, 1.165) is 48.7 Å². The van der Waals surface area contributed by atoms with Gasteiger partial charge in [-0.15, -0.1) is 0 Å². The first-order chi connectivity index (χ1) is 11.2. The maximum Gasteiger partial charge on any atom is 0.240 e. The van der Waals surface area contributed by atoms with Crippen LogP contribution in [0.3, 0.4) is 0 Å². The Labute approximate surface area is 136 Å². The number of aromatic nitrogens is 2.